The Labute approximate surface area is 69.2 Å². The Morgan fingerprint density at radius 3 is 1.91 bits per heavy atom. The van der Waals surface area contributed by atoms with Crippen molar-refractivity contribution in [3.8, 4) is 0 Å². The molecule has 0 aromatic rings. The number of hydrogen-bond donors (Lipinski definition) is 0. The molecule has 0 saturated heterocycles. The molecule has 1 heterocycles. The summed E-state index contributed by atoms with van der Waals surface area (Å²) in [5.41, 5.74) is 4.22. The molecular weight excluding hydrogens is 134 g/mol. The van der Waals surface area contributed by atoms with Crippen LogP contribution < -0.4 is 0 Å². The normalized spacial score (nSPS) is 19.2. The third-order valence-electron chi connectivity index (χ3n) is 2.22. The Morgan fingerprint density at radius 2 is 1.73 bits per heavy atom. The summed E-state index contributed by atoms with van der Waals surface area (Å²) in [5.74, 6) is 0. The molecule has 62 valence electrons. The zero-order chi connectivity index (χ0) is 8.65. The van der Waals surface area contributed by atoms with E-state index in [1.807, 2.05) is 0 Å². The molecule has 0 spiro atoms. The van der Waals surface area contributed by atoms with Crippen molar-refractivity contribution in [2.45, 2.75) is 41.0 Å². The van der Waals surface area contributed by atoms with Gasteiger partial charge in [0.1, 0.15) is 0 Å². The standard InChI is InChI=1S/C10H17N/c1-7-6-9(10(3,4)5)11-8(7)2/h6H2,1-5H3. The second kappa shape index (κ2) is 2.47. The average Bonchev–Trinajstić information content (AvgIpc) is 2.11. The van der Waals surface area contributed by atoms with E-state index in [1.165, 1.54) is 17.0 Å². The van der Waals surface area contributed by atoms with Gasteiger partial charge >= 0.3 is 0 Å². The largest absolute Gasteiger partial charge is 0.262 e. The zero-order valence-electron chi connectivity index (χ0n) is 8.15. The summed E-state index contributed by atoms with van der Waals surface area (Å²) in [6.07, 6.45) is 1.08. The van der Waals surface area contributed by atoms with Crippen LogP contribution in [0.1, 0.15) is 41.0 Å². The lowest BCUT2D eigenvalue weighted by Crippen LogP contribution is -2.18. The molecule has 0 atom stereocenters. The van der Waals surface area contributed by atoms with Gasteiger partial charge in [0.05, 0.1) is 0 Å². The van der Waals surface area contributed by atoms with Gasteiger partial charge in [-0.2, -0.15) is 0 Å². The molecule has 1 aliphatic heterocycles. The Bertz CT molecular complexity index is 226. The number of rotatable bonds is 0. The van der Waals surface area contributed by atoms with E-state index in [0.29, 0.717) is 0 Å². The van der Waals surface area contributed by atoms with Crippen LogP contribution in [0.5, 0.6) is 0 Å². The number of aliphatic imine (C=N–C) groups is 1. The van der Waals surface area contributed by atoms with Crippen LogP contribution >= 0.6 is 0 Å². The van der Waals surface area contributed by atoms with Crippen LogP contribution in [0.3, 0.4) is 0 Å². The minimum Gasteiger partial charge on any atom is -0.262 e. The van der Waals surface area contributed by atoms with Crippen molar-refractivity contribution in [1.82, 2.24) is 0 Å². The van der Waals surface area contributed by atoms with Gasteiger partial charge in [0, 0.05) is 23.2 Å². The van der Waals surface area contributed by atoms with Gasteiger partial charge in [0.25, 0.3) is 0 Å². The van der Waals surface area contributed by atoms with Crippen molar-refractivity contribution in [2.75, 3.05) is 0 Å². The van der Waals surface area contributed by atoms with Gasteiger partial charge in [-0.05, 0) is 19.4 Å². The molecule has 0 N–H and O–H groups in total. The first kappa shape index (κ1) is 8.51. The molecule has 1 heteroatoms. The smallest absolute Gasteiger partial charge is 0.0365 e. The molecule has 0 saturated carbocycles. The lowest BCUT2D eigenvalue weighted by atomic mass is 9.87. The van der Waals surface area contributed by atoms with E-state index in [0.717, 1.165) is 6.42 Å². The Morgan fingerprint density at radius 1 is 1.18 bits per heavy atom. The number of nitrogens with zero attached hydrogens (tertiary/aromatic N) is 1. The molecule has 1 nitrogen and oxygen atoms in total. The summed E-state index contributed by atoms with van der Waals surface area (Å²) < 4.78 is 0. The first-order chi connectivity index (χ1) is 4.91. The van der Waals surface area contributed by atoms with Crippen molar-refractivity contribution in [3.05, 3.63) is 11.3 Å². The molecule has 0 aromatic carbocycles. The predicted molar refractivity (Wildman–Crippen MR) is 49.9 cm³/mol. The number of allylic oxidation sites excluding steroid dienone is 2. The minimum absolute atomic E-state index is 0.249. The van der Waals surface area contributed by atoms with E-state index in [4.69, 9.17) is 0 Å². The van der Waals surface area contributed by atoms with Crippen molar-refractivity contribution < 1.29 is 0 Å². The third-order valence-corrected chi connectivity index (χ3v) is 2.22. The minimum atomic E-state index is 0.249. The van der Waals surface area contributed by atoms with E-state index < -0.39 is 0 Å². The molecule has 11 heavy (non-hydrogen) atoms. The fourth-order valence-corrected chi connectivity index (χ4v) is 1.15. The molecule has 1 rings (SSSR count). The van der Waals surface area contributed by atoms with E-state index in [2.05, 4.69) is 39.6 Å². The van der Waals surface area contributed by atoms with E-state index in [9.17, 15) is 0 Å². The SMILES string of the molecule is CC1=C(C)N=C(C(C)(C)C)C1. The zero-order valence-corrected chi connectivity index (χ0v) is 8.15. The molecule has 0 fully saturated rings. The fourth-order valence-electron chi connectivity index (χ4n) is 1.15. The molecule has 1 aliphatic rings. The summed E-state index contributed by atoms with van der Waals surface area (Å²) in [4.78, 5) is 4.54. The van der Waals surface area contributed by atoms with Crippen LogP contribution in [0.4, 0.5) is 0 Å². The van der Waals surface area contributed by atoms with E-state index in [-0.39, 0.29) is 5.41 Å². The summed E-state index contributed by atoms with van der Waals surface area (Å²) >= 11 is 0. The summed E-state index contributed by atoms with van der Waals surface area (Å²) in [5, 5.41) is 0. The van der Waals surface area contributed by atoms with Crippen LogP contribution in [0.2, 0.25) is 0 Å². The Balaban J connectivity index is 2.80. The highest BCUT2D eigenvalue weighted by atomic mass is 14.8. The summed E-state index contributed by atoms with van der Waals surface area (Å²) in [6, 6.07) is 0. The first-order valence-corrected chi connectivity index (χ1v) is 4.15. The van der Waals surface area contributed by atoms with Gasteiger partial charge < -0.3 is 0 Å². The van der Waals surface area contributed by atoms with Gasteiger partial charge in [-0.15, -0.1) is 0 Å². The van der Waals surface area contributed by atoms with Crippen molar-refractivity contribution in [3.63, 3.8) is 0 Å². The maximum absolute atomic E-state index is 4.54. The second-order valence-electron chi connectivity index (χ2n) is 4.35. The van der Waals surface area contributed by atoms with Crippen molar-refractivity contribution in [2.24, 2.45) is 10.4 Å². The quantitative estimate of drug-likeness (QED) is 0.504. The summed E-state index contributed by atoms with van der Waals surface area (Å²) in [6.45, 7) is 10.9. The predicted octanol–water partition coefficient (Wildman–Crippen LogP) is 3.17. The summed E-state index contributed by atoms with van der Waals surface area (Å²) in [7, 11) is 0. The van der Waals surface area contributed by atoms with Crippen molar-refractivity contribution >= 4 is 5.71 Å². The van der Waals surface area contributed by atoms with Gasteiger partial charge in [0.15, 0.2) is 0 Å². The third kappa shape index (κ3) is 1.70. The maximum Gasteiger partial charge on any atom is 0.0365 e. The second-order valence-corrected chi connectivity index (χ2v) is 4.35. The maximum atomic E-state index is 4.54. The van der Waals surface area contributed by atoms with Crippen molar-refractivity contribution in [1.29, 1.82) is 0 Å². The van der Waals surface area contributed by atoms with Crippen LogP contribution in [0.25, 0.3) is 0 Å². The van der Waals surface area contributed by atoms with Crippen LogP contribution in [-0.4, -0.2) is 5.71 Å². The molecule has 0 aromatic heterocycles. The van der Waals surface area contributed by atoms with Crippen LogP contribution in [-0.2, 0) is 0 Å². The van der Waals surface area contributed by atoms with Gasteiger partial charge in [-0.1, -0.05) is 20.8 Å². The Kier molecular flexibility index (Phi) is 1.91. The topological polar surface area (TPSA) is 12.4 Å². The Hall–Kier alpha value is -0.590. The monoisotopic (exact) mass is 151 g/mol. The molecule has 0 bridgehead atoms. The van der Waals surface area contributed by atoms with Crippen LogP contribution in [0, 0.1) is 5.41 Å². The fraction of sp³-hybridized carbons (Fsp3) is 0.700. The lowest BCUT2D eigenvalue weighted by Gasteiger charge is -2.18. The van der Waals surface area contributed by atoms with Gasteiger partial charge in [-0.25, -0.2) is 0 Å². The number of hydrogen-bond acceptors (Lipinski definition) is 1. The first-order valence-electron chi connectivity index (χ1n) is 4.15. The lowest BCUT2D eigenvalue weighted by molar-refractivity contribution is 0.584. The average molecular weight is 151 g/mol. The van der Waals surface area contributed by atoms with E-state index >= 15 is 0 Å². The molecule has 0 aliphatic carbocycles. The van der Waals surface area contributed by atoms with E-state index in [1.54, 1.807) is 0 Å². The molecule has 0 amide bonds. The van der Waals surface area contributed by atoms with Gasteiger partial charge in [0.2, 0.25) is 0 Å². The molecule has 0 unspecified atom stereocenters. The molecule has 0 radical (unpaired) electrons. The highest BCUT2D eigenvalue weighted by molar-refractivity contribution is 5.93. The highest BCUT2D eigenvalue weighted by Crippen LogP contribution is 2.28. The highest BCUT2D eigenvalue weighted by Gasteiger charge is 2.23. The molecular formula is C10H17N. The van der Waals surface area contributed by atoms with Crippen LogP contribution in [0.15, 0.2) is 16.3 Å². The van der Waals surface area contributed by atoms with Gasteiger partial charge in [-0.3, -0.25) is 4.99 Å².